The zero-order chi connectivity index (χ0) is 12.6. The molecule has 0 radical (unpaired) electrons. The number of nitrogens with one attached hydrogen (secondary N) is 1. The van der Waals surface area contributed by atoms with Crippen molar-refractivity contribution < 1.29 is 0 Å². The molecule has 0 fully saturated rings. The lowest BCUT2D eigenvalue weighted by Gasteiger charge is -2.29. The van der Waals surface area contributed by atoms with Gasteiger partial charge in [0.05, 0.1) is 0 Å². The summed E-state index contributed by atoms with van der Waals surface area (Å²) in [5.74, 6) is 1.01. The molecule has 0 atom stereocenters. The lowest BCUT2D eigenvalue weighted by atomic mass is 9.84. The number of aryl methyl sites for hydroxylation is 1. The fourth-order valence-corrected chi connectivity index (χ4v) is 1.95. The van der Waals surface area contributed by atoms with Crippen LogP contribution in [0.3, 0.4) is 0 Å². The summed E-state index contributed by atoms with van der Waals surface area (Å²) < 4.78 is 0. The molecule has 1 aromatic heterocycles. The number of pyridine rings is 1. The van der Waals surface area contributed by atoms with E-state index in [2.05, 4.69) is 64.8 Å². The van der Waals surface area contributed by atoms with E-state index in [-0.39, 0.29) is 11.0 Å². The third-order valence-corrected chi connectivity index (χ3v) is 2.40. The molecule has 1 aromatic rings. The van der Waals surface area contributed by atoms with Crippen molar-refractivity contribution in [2.24, 2.45) is 0 Å². The van der Waals surface area contributed by atoms with E-state index in [0.29, 0.717) is 0 Å². The van der Waals surface area contributed by atoms with E-state index in [1.165, 1.54) is 11.1 Å². The minimum absolute atomic E-state index is 0.0425. The van der Waals surface area contributed by atoms with Crippen molar-refractivity contribution in [2.75, 3.05) is 5.32 Å². The second-order valence-electron chi connectivity index (χ2n) is 6.48. The molecule has 0 aliphatic rings. The van der Waals surface area contributed by atoms with E-state index in [9.17, 15) is 0 Å². The highest BCUT2D eigenvalue weighted by Gasteiger charge is 2.23. The summed E-state index contributed by atoms with van der Waals surface area (Å²) >= 11 is 0. The molecular weight excluding hydrogens is 196 g/mol. The first-order valence-corrected chi connectivity index (χ1v) is 5.85. The number of anilines is 1. The predicted octanol–water partition coefficient (Wildman–Crippen LogP) is 3.90. The lowest BCUT2D eigenvalue weighted by Crippen LogP contribution is -2.29. The maximum atomic E-state index is 4.48. The summed E-state index contributed by atoms with van der Waals surface area (Å²) in [5.41, 5.74) is 2.77. The Labute approximate surface area is 99.5 Å². The molecule has 0 unspecified atom stereocenters. The molecule has 0 aromatic carbocycles. The van der Waals surface area contributed by atoms with Gasteiger partial charge < -0.3 is 5.32 Å². The molecule has 0 spiro atoms. The van der Waals surface area contributed by atoms with Crippen LogP contribution in [0.4, 0.5) is 5.82 Å². The quantitative estimate of drug-likeness (QED) is 0.776. The van der Waals surface area contributed by atoms with Gasteiger partial charge in [-0.2, -0.15) is 0 Å². The van der Waals surface area contributed by atoms with Gasteiger partial charge in [-0.1, -0.05) is 20.8 Å². The smallest absolute Gasteiger partial charge is 0.130 e. The molecule has 16 heavy (non-hydrogen) atoms. The Balaban J connectivity index is 3.24. The van der Waals surface area contributed by atoms with Gasteiger partial charge in [0, 0.05) is 17.3 Å². The van der Waals surface area contributed by atoms with Gasteiger partial charge in [0.25, 0.3) is 0 Å². The average molecular weight is 220 g/mol. The topological polar surface area (TPSA) is 24.9 Å². The summed E-state index contributed by atoms with van der Waals surface area (Å²) in [4.78, 5) is 4.48. The fraction of sp³-hybridized carbons (Fsp3) is 0.643. The van der Waals surface area contributed by atoms with Gasteiger partial charge in [-0.05, 0) is 44.7 Å². The van der Waals surface area contributed by atoms with Crippen molar-refractivity contribution in [3.63, 3.8) is 0 Å². The van der Waals surface area contributed by atoms with Crippen LogP contribution in [0.5, 0.6) is 0 Å². The van der Waals surface area contributed by atoms with Crippen molar-refractivity contribution in [1.82, 2.24) is 4.98 Å². The van der Waals surface area contributed by atoms with Gasteiger partial charge in [-0.3, -0.25) is 0 Å². The van der Waals surface area contributed by atoms with Crippen LogP contribution in [0.25, 0.3) is 0 Å². The van der Waals surface area contributed by atoms with Crippen LogP contribution >= 0.6 is 0 Å². The Morgan fingerprint density at radius 2 is 1.62 bits per heavy atom. The summed E-state index contributed by atoms with van der Waals surface area (Å²) in [6.45, 7) is 15.3. The third-order valence-electron chi connectivity index (χ3n) is 2.40. The molecule has 1 N–H and O–H groups in total. The number of hydrogen-bond donors (Lipinski definition) is 1. The molecule has 0 aliphatic carbocycles. The molecule has 1 rings (SSSR count). The molecule has 90 valence electrons. The largest absolute Gasteiger partial charge is 0.365 e. The Morgan fingerprint density at radius 3 is 2.06 bits per heavy atom. The molecular formula is C14H24N2. The number of nitrogens with zero attached hydrogens (tertiary/aromatic N) is 1. The standard InChI is InChI=1S/C14H24N2/c1-10-8-9-15-12(16-14(5,6)7)11(10)13(2,3)4/h8-9H,1-7H3,(H,15,16). The van der Waals surface area contributed by atoms with Gasteiger partial charge >= 0.3 is 0 Å². The van der Waals surface area contributed by atoms with Crippen LogP contribution in [-0.2, 0) is 5.41 Å². The molecule has 0 saturated heterocycles. The summed E-state index contributed by atoms with van der Waals surface area (Å²) in [5, 5.41) is 3.49. The maximum Gasteiger partial charge on any atom is 0.130 e. The van der Waals surface area contributed by atoms with Crippen LogP contribution in [0.1, 0.15) is 52.7 Å². The van der Waals surface area contributed by atoms with Crippen LogP contribution < -0.4 is 5.32 Å². The lowest BCUT2D eigenvalue weighted by molar-refractivity contribution is 0.574. The number of aromatic nitrogens is 1. The minimum Gasteiger partial charge on any atom is -0.365 e. The fourth-order valence-electron chi connectivity index (χ4n) is 1.95. The Hall–Kier alpha value is -1.05. The van der Waals surface area contributed by atoms with E-state index < -0.39 is 0 Å². The number of hydrogen-bond acceptors (Lipinski definition) is 2. The first-order valence-electron chi connectivity index (χ1n) is 5.85. The van der Waals surface area contributed by atoms with E-state index in [1.54, 1.807) is 0 Å². The van der Waals surface area contributed by atoms with Gasteiger partial charge in [-0.25, -0.2) is 4.98 Å². The van der Waals surface area contributed by atoms with Crippen LogP contribution in [0.2, 0.25) is 0 Å². The Morgan fingerprint density at radius 1 is 1.06 bits per heavy atom. The normalized spacial score (nSPS) is 12.7. The first-order chi connectivity index (χ1) is 7.11. The molecule has 0 aliphatic heterocycles. The summed E-state index contributed by atoms with van der Waals surface area (Å²) in [6.07, 6.45) is 1.87. The van der Waals surface area contributed by atoms with Crippen molar-refractivity contribution in [3.8, 4) is 0 Å². The number of rotatable bonds is 1. The third kappa shape index (κ3) is 3.22. The van der Waals surface area contributed by atoms with Gasteiger partial charge in [0.15, 0.2) is 0 Å². The van der Waals surface area contributed by atoms with Gasteiger partial charge in [0.1, 0.15) is 5.82 Å². The molecule has 2 nitrogen and oxygen atoms in total. The van der Waals surface area contributed by atoms with Crippen molar-refractivity contribution in [2.45, 2.75) is 59.4 Å². The van der Waals surface area contributed by atoms with E-state index >= 15 is 0 Å². The highest BCUT2D eigenvalue weighted by molar-refractivity contribution is 5.52. The zero-order valence-corrected chi connectivity index (χ0v) is 11.6. The van der Waals surface area contributed by atoms with Gasteiger partial charge in [-0.15, -0.1) is 0 Å². The van der Waals surface area contributed by atoms with E-state index in [4.69, 9.17) is 0 Å². The maximum absolute atomic E-state index is 4.48. The van der Waals surface area contributed by atoms with Crippen molar-refractivity contribution >= 4 is 5.82 Å². The van der Waals surface area contributed by atoms with Crippen LogP contribution in [0, 0.1) is 6.92 Å². The zero-order valence-electron chi connectivity index (χ0n) is 11.6. The second-order valence-corrected chi connectivity index (χ2v) is 6.48. The minimum atomic E-state index is 0.0425. The summed E-state index contributed by atoms with van der Waals surface area (Å²) in [6, 6.07) is 2.08. The molecule has 0 amide bonds. The van der Waals surface area contributed by atoms with Crippen LogP contribution in [0.15, 0.2) is 12.3 Å². The van der Waals surface area contributed by atoms with Crippen LogP contribution in [-0.4, -0.2) is 10.5 Å². The average Bonchev–Trinajstić information content (AvgIpc) is 1.97. The Kier molecular flexibility index (Phi) is 3.32. The highest BCUT2D eigenvalue weighted by atomic mass is 15.0. The highest BCUT2D eigenvalue weighted by Crippen LogP contribution is 2.32. The molecule has 0 saturated carbocycles. The van der Waals surface area contributed by atoms with E-state index in [0.717, 1.165) is 5.82 Å². The van der Waals surface area contributed by atoms with Gasteiger partial charge in [0.2, 0.25) is 0 Å². The molecule has 1 heterocycles. The molecule has 0 bridgehead atoms. The van der Waals surface area contributed by atoms with E-state index in [1.807, 2.05) is 6.20 Å². The monoisotopic (exact) mass is 220 g/mol. The first kappa shape index (κ1) is 13.0. The predicted molar refractivity (Wildman–Crippen MR) is 71.0 cm³/mol. The second kappa shape index (κ2) is 4.08. The Bertz CT molecular complexity index is 367. The van der Waals surface area contributed by atoms with Crippen molar-refractivity contribution in [3.05, 3.63) is 23.4 Å². The summed E-state index contributed by atoms with van der Waals surface area (Å²) in [7, 11) is 0. The van der Waals surface area contributed by atoms with Crippen molar-refractivity contribution in [1.29, 1.82) is 0 Å². The molecule has 2 heteroatoms. The SMILES string of the molecule is Cc1ccnc(NC(C)(C)C)c1C(C)(C)C.